The number of carbonyl (C=O) groups is 1. The number of amides is 1. The summed E-state index contributed by atoms with van der Waals surface area (Å²) in [5, 5.41) is 19.4. The van der Waals surface area contributed by atoms with Crippen LogP contribution in [0.2, 0.25) is 0 Å². The Kier molecular flexibility index (Phi) is 4.17. The fraction of sp³-hybridized carbons (Fsp3) is 0.273. The van der Waals surface area contributed by atoms with Gasteiger partial charge in [-0.25, -0.2) is 4.79 Å². The minimum Gasteiger partial charge on any atom is -0.465 e. The molecule has 0 fully saturated rings. The molecule has 15 heavy (non-hydrogen) atoms. The first-order chi connectivity index (χ1) is 7.22. The molecule has 0 saturated heterocycles. The van der Waals surface area contributed by atoms with Gasteiger partial charge in [0.15, 0.2) is 0 Å². The van der Waals surface area contributed by atoms with Crippen LogP contribution in [0.5, 0.6) is 0 Å². The van der Waals surface area contributed by atoms with Crippen molar-refractivity contribution in [3.8, 4) is 6.07 Å². The van der Waals surface area contributed by atoms with Gasteiger partial charge in [-0.3, -0.25) is 0 Å². The first-order valence-corrected chi connectivity index (χ1v) is 4.62. The largest absolute Gasteiger partial charge is 0.465 e. The molecule has 0 radical (unpaired) electrons. The van der Waals surface area contributed by atoms with Crippen LogP contribution in [-0.4, -0.2) is 17.2 Å². The van der Waals surface area contributed by atoms with Gasteiger partial charge in [0, 0.05) is 6.04 Å². The number of benzene rings is 1. The van der Waals surface area contributed by atoms with Crippen LogP contribution in [0.3, 0.4) is 0 Å². The standard InChI is InChI=1S/C11H12N2O2/c12-7-6-10(13-11(14)15)8-9-4-2-1-3-5-9/h1-5,10,13H,6,8H2,(H,14,15). The van der Waals surface area contributed by atoms with Crippen molar-refractivity contribution in [1.29, 1.82) is 5.26 Å². The number of hydrogen-bond donors (Lipinski definition) is 2. The lowest BCUT2D eigenvalue weighted by Crippen LogP contribution is -2.34. The topological polar surface area (TPSA) is 73.1 Å². The van der Waals surface area contributed by atoms with Crippen molar-refractivity contribution in [2.45, 2.75) is 18.9 Å². The molecular formula is C11H12N2O2. The van der Waals surface area contributed by atoms with Crippen LogP contribution >= 0.6 is 0 Å². The normalized spacial score (nSPS) is 11.4. The highest BCUT2D eigenvalue weighted by molar-refractivity contribution is 5.64. The predicted molar refractivity (Wildman–Crippen MR) is 55.3 cm³/mol. The van der Waals surface area contributed by atoms with Gasteiger partial charge in [-0.15, -0.1) is 0 Å². The summed E-state index contributed by atoms with van der Waals surface area (Å²) in [5.41, 5.74) is 1.02. The van der Waals surface area contributed by atoms with Crippen molar-refractivity contribution >= 4 is 6.09 Å². The molecule has 0 heterocycles. The minimum atomic E-state index is -1.09. The van der Waals surface area contributed by atoms with E-state index in [0.717, 1.165) is 5.56 Å². The third-order valence-corrected chi connectivity index (χ3v) is 1.99. The quantitative estimate of drug-likeness (QED) is 0.785. The van der Waals surface area contributed by atoms with Crippen molar-refractivity contribution in [1.82, 2.24) is 5.32 Å². The molecule has 0 spiro atoms. The van der Waals surface area contributed by atoms with Gasteiger partial charge in [-0.05, 0) is 12.0 Å². The van der Waals surface area contributed by atoms with E-state index in [1.165, 1.54) is 0 Å². The zero-order chi connectivity index (χ0) is 11.1. The zero-order valence-corrected chi connectivity index (χ0v) is 8.18. The van der Waals surface area contributed by atoms with Gasteiger partial charge in [-0.2, -0.15) is 5.26 Å². The molecule has 0 bridgehead atoms. The monoisotopic (exact) mass is 204 g/mol. The second kappa shape index (κ2) is 5.66. The Labute approximate surface area is 88.2 Å². The van der Waals surface area contributed by atoms with E-state index in [-0.39, 0.29) is 12.5 Å². The maximum atomic E-state index is 10.5. The van der Waals surface area contributed by atoms with Crippen LogP contribution < -0.4 is 5.32 Å². The van der Waals surface area contributed by atoms with Crippen molar-refractivity contribution in [2.24, 2.45) is 0 Å². The summed E-state index contributed by atoms with van der Waals surface area (Å²) in [6.07, 6.45) is -0.367. The van der Waals surface area contributed by atoms with Crippen LogP contribution in [0.25, 0.3) is 0 Å². The van der Waals surface area contributed by atoms with E-state index < -0.39 is 6.09 Å². The molecule has 0 aromatic heterocycles. The van der Waals surface area contributed by atoms with Gasteiger partial charge in [0.1, 0.15) is 0 Å². The van der Waals surface area contributed by atoms with Crippen molar-refractivity contribution in [2.75, 3.05) is 0 Å². The molecule has 78 valence electrons. The highest BCUT2D eigenvalue weighted by Crippen LogP contribution is 2.05. The Morgan fingerprint density at radius 2 is 2.13 bits per heavy atom. The van der Waals surface area contributed by atoms with E-state index in [2.05, 4.69) is 5.32 Å². The van der Waals surface area contributed by atoms with E-state index in [4.69, 9.17) is 10.4 Å². The molecular weight excluding hydrogens is 192 g/mol. The maximum Gasteiger partial charge on any atom is 0.404 e. The molecule has 4 nitrogen and oxygen atoms in total. The van der Waals surface area contributed by atoms with Gasteiger partial charge in [0.25, 0.3) is 0 Å². The second-order valence-electron chi connectivity index (χ2n) is 3.20. The maximum absolute atomic E-state index is 10.5. The molecule has 1 rings (SSSR count). The zero-order valence-electron chi connectivity index (χ0n) is 8.18. The van der Waals surface area contributed by atoms with E-state index in [0.29, 0.717) is 6.42 Å². The number of nitriles is 1. The Hall–Kier alpha value is -2.02. The molecule has 1 unspecified atom stereocenters. The lowest BCUT2D eigenvalue weighted by molar-refractivity contribution is 0.190. The molecule has 1 atom stereocenters. The highest BCUT2D eigenvalue weighted by atomic mass is 16.4. The molecule has 1 amide bonds. The van der Waals surface area contributed by atoms with Crippen molar-refractivity contribution in [3.05, 3.63) is 35.9 Å². The van der Waals surface area contributed by atoms with E-state index in [1.807, 2.05) is 36.4 Å². The molecule has 0 aliphatic heterocycles. The molecule has 0 saturated carbocycles. The lowest BCUT2D eigenvalue weighted by Gasteiger charge is -2.13. The Morgan fingerprint density at radius 1 is 1.47 bits per heavy atom. The molecule has 0 aliphatic carbocycles. The van der Waals surface area contributed by atoms with Gasteiger partial charge >= 0.3 is 6.09 Å². The summed E-state index contributed by atoms with van der Waals surface area (Å²) in [5.74, 6) is 0. The first kappa shape index (κ1) is 11.1. The third kappa shape index (κ3) is 4.14. The Balaban J connectivity index is 2.59. The fourth-order valence-electron chi connectivity index (χ4n) is 1.36. The van der Waals surface area contributed by atoms with Crippen molar-refractivity contribution < 1.29 is 9.90 Å². The molecule has 2 N–H and O–H groups in total. The van der Waals surface area contributed by atoms with Gasteiger partial charge in [-0.1, -0.05) is 30.3 Å². The first-order valence-electron chi connectivity index (χ1n) is 4.62. The Bertz CT molecular complexity index is 357. The van der Waals surface area contributed by atoms with Crippen LogP contribution in [0.4, 0.5) is 4.79 Å². The van der Waals surface area contributed by atoms with E-state index in [9.17, 15) is 4.79 Å². The number of rotatable bonds is 4. The molecule has 1 aromatic carbocycles. The van der Waals surface area contributed by atoms with Gasteiger partial charge < -0.3 is 10.4 Å². The summed E-state index contributed by atoms with van der Waals surface area (Å²) in [6.45, 7) is 0. The summed E-state index contributed by atoms with van der Waals surface area (Å²) >= 11 is 0. The summed E-state index contributed by atoms with van der Waals surface area (Å²) in [4.78, 5) is 10.5. The molecule has 1 aromatic rings. The fourth-order valence-corrected chi connectivity index (χ4v) is 1.36. The minimum absolute atomic E-state index is 0.182. The smallest absolute Gasteiger partial charge is 0.404 e. The van der Waals surface area contributed by atoms with Crippen LogP contribution in [0, 0.1) is 11.3 Å². The summed E-state index contributed by atoms with van der Waals surface area (Å²) in [6, 6.07) is 11.1. The number of nitrogens with zero attached hydrogens (tertiary/aromatic N) is 1. The third-order valence-electron chi connectivity index (χ3n) is 1.99. The van der Waals surface area contributed by atoms with Crippen LogP contribution in [0.1, 0.15) is 12.0 Å². The van der Waals surface area contributed by atoms with Crippen LogP contribution in [0.15, 0.2) is 30.3 Å². The lowest BCUT2D eigenvalue weighted by atomic mass is 10.0. The van der Waals surface area contributed by atoms with Gasteiger partial charge in [0.2, 0.25) is 0 Å². The number of carboxylic acid groups (broad SMARTS) is 1. The highest BCUT2D eigenvalue weighted by Gasteiger charge is 2.11. The van der Waals surface area contributed by atoms with E-state index in [1.54, 1.807) is 0 Å². The average molecular weight is 204 g/mol. The summed E-state index contributed by atoms with van der Waals surface area (Å²) < 4.78 is 0. The van der Waals surface area contributed by atoms with E-state index >= 15 is 0 Å². The average Bonchev–Trinajstić information content (AvgIpc) is 2.18. The van der Waals surface area contributed by atoms with Crippen LogP contribution in [-0.2, 0) is 6.42 Å². The SMILES string of the molecule is N#CCC(Cc1ccccc1)NC(=O)O. The second-order valence-corrected chi connectivity index (χ2v) is 3.20. The predicted octanol–water partition coefficient (Wildman–Crippen LogP) is 1.78. The molecule has 0 aliphatic rings. The molecule has 4 heteroatoms. The van der Waals surface area contributed by atoms with Crippen molar-refractivity contribution in [3.63, 3.8) is 0 Å². The summed E-state index contributed by atoms with van der Waals surface area (Å²) in [7, 11) is 0. The van der Waals surface area contributed by atoms with Gasteiger partial charge in [0.05, 0.1) is 12.5 Å². The number of nitrogens with one attached hydrogen (secondary N) is 1. The number of hydrogen-bond acceptors (Lipinski definition) is 2. The Morgan fingerprint density at radius 3 is 2.67 bits per heavy atom.